The first-order valence-electron chi connectivity index (χ1n) is 6.88. The molecule has 0 unspecified atom stereocenters. The molecule has 0 N–H and O–H groups in total. The molecular formula is C14H22N2O2S. The van der Waals surface area contributed by atoms with Crippen LogP contribution in [0, 0.1) is 5.92 Å². The van der Waals surface area contributed by atoms with E-state index in [0.717, 1.165) is 41.6 Å². The number of thiazole rings is 1. The molecule has 0 saturated carbocycles. The summed E-state index contributed by atoms with van der Waals surface area (Å²) in [6, 6.07) is 0. The number of methoxy groups -OCH3 is 1. The Bertz CT molecular complexity index is 443. The third-order valence-electron chi connectivity index (χ3n) is 3.18. The molecule has 1 aromatic heterocycles. The standard InChI is InChI=1S/C14H22N2O2S/c1-10(2)9-16(7-8-18-3)14-15-11-5-4-6-12(17)13(11)19-14/h10H,4-9H2,1-3H3. The fourth-order valence-corrected chi connectivity index (χ4v) is 3.41. The highest BCUT2D eigenvalue weighted by Gasteiger charge is 2.24. The van der Waals surface area contributed by atoms with E-state index in [1.165, 1.54) is 0 Å². The van der Waals surface area contributed by atoms with Gasteiger partial charge in [0.05, 0.1) is 17.2 Å². The van der Waals surface area contributed by atoms with Gasteiger partial charge in [-0.3, -0.25) is 4.79 Å². The SMILES string of the molecule is COCCN(CC(C)C)c1nc2c(s1)C(=O)CCC2. The van der Waals surface area contributed by atoms with Gasteiger partial charge in [-0.25, -0.2) is 4.98 Å². The largest absolute Gasteiger partial charge is 0.383 e. The molecule has 0 aromatic carbocycles. The Balaban J connectivity index is 2.18. The number of hydrogen-bond acceptors (Lipinski definition) is 5. The molecule has 2 rings (SSSR count). The minimum atomic E-state index is 0.265. The fraction of sp³-hybridized carbons (Fsp3) is 0.714. The van der Waals surface area contributed by atoms with Gasteiger partial charge in [-0.2, -0.15) is 0 Å². The van der Waals surface area contributed by atoms with E-state index in [1.807, 2.05) is 0 Å². The zero-order chi connectivity index (χ0) is 13.8. The van der Waals surface area contributed by atoms with E-state index in [1.54, 1.807) is 18.4 Å². The highest BCUT2D eigenvalue weighted by molar-refractivity contribution is 7.17. The molecule has 0 atom stereocenters. The van der Waals surface area contributed by atoms with Gasteiger partial charge in [0, 0.05) is 26.6 Å². The van der Waals surface area contributed by atoms with Crippen LogP contribution in [-0.4, -0.2) is 37.6 Å². The van der Waals surface area contributed by atoms with Crippen molar-refractivity contribution in [2.75, 3.05) is 31.7 Å². The van der Waals surface area contributed by atoms with Crippen molar-refractivity contribution in [2.45, 2.75) is 33.1 Å². The number of aryl methyl sites for hydroxylation is 1. The number of ether oxygens (including phenoxy) is 1. The van der Waals surface area contributed by atoms with Crippen molar-refractivity contribution in [1.82, 2.24) is 4.98 Å². The van der Waals surface area contributed by atoms with Gasteiger partial charge in [-0.05, 0) is 18.8 Å². The van der Waals surface area contributed by atoms with Gasteiger partial charge < -0.3 is 9.64 Å². The van der Waals surface area contributed by atoms with Crippen LogP contribution in [0.15, 0.2) is 0 Å². The molecule has 0 fully saturated rings. The van der Waals surface area contributed by atoms with Crippen LogP contribution in [-0.2, 0) is 11.2 Å². The summed E-state index contributed by atoms with van der Waals surface area (Å²) in [4.78, 5) is 19.7. The number of Topliss-reactive ketones (excluding diaryl/α,β-unsaturated/α-hetero) is 1. The second kappa shape index (κ2) is 6.48. The minimum Gasteiger partial charge on any atom is -0.383 e. The summed E-state index contributed by atoms with van der Waals surface area (Å²) in [5.41, 5.74) is 1.00. The first-order valence-corrected chi connectivity index (χ1v) is 7.70. The summed E-state index contributed by atoms with van der Waals surface area (Å²) in [5, 5.41) is 0.978. The normalized spacial score (nSPS) is 14.8. The van der Waals surface area contributed by atoms with Crippen LogP contribution in [0.5, 0.6) is 0 Å². The van der Waals surface area contributed by atoms with E-state index in [4.69, 9.17) is 4.74 Å². The lowest BCUT2D eigenvalue weighted by atomic mass is 10.0. The van der Waals surface area contributed by atoms with Gasteiger partial charge in [0.25, 0.3) is 0 Å². The monoisotopic (exact) mass is 282 g/mol. The summed E-state index contributed by atoms with van der Waals surface area (Å²) in [7, 11) is 1.71. The van der Waals surface area contributed by atoms with Crippen molar-refractivity contribution in [3.05, 3.63) is 10.6 Å². The van der Waals surface area contributed by atoms with Crippen LogP contribution in [0.1, 0.15) is 42.1 Å². The highest BCUT2D eigenvalue weighted by Crippen LogP contribution is 2.32. The highest BCUT2D eigenvalue weighted by atomic mass is 32.1. The lowest BCUT2D eigenvalue weighted by Gasteiger charge is -2.23. The predicted molar refractivity (Wildman–Crippen MR) is 78.3 cm³/mol. The zero-order valence-electron chi connectivity index (χ0n) is 11.9. The van der Waals surface area contributed by atoms with E-state index in [2.05, 4.69) is 23.7 Å². The number of aromatic nitrogens is 1. The van der Waals surface area contributed by atoms with Gasteiger partial charge in [-0.1, -0.05) is 25.2 Å². The number of rotatable bonds is 6. The average Bonchev–Trinajstić information content (AvgIpc) is 2.79. The zero-order valence-corrected chi connectivity index (χ0v) is 12.8. The first kappa shape index (κ1) is 14.5. The Kier molecular flexibility index (Phi) is 4.93. The van der Waals surface area contributed by atoms with Crippen LogP contribution in [0.4, 0.5) is 5.13 Å². The molecule has 0 bridgehead atoms. The van der Waals surface area contributed by atoms with Crippen molar-refractivity contribution in [3.8, 4) is 0 Å². The number of carbonyl (C=O) groups is 1. The minimum absolute atomic E-state index is 0.265. The summed E-state index contributed by atoms with van der Waals surface area (Å²) in [5.74, 6) is 0.828. The van der Waals surface area contributed by atoms with Crippen molar-refractivity contribution in [1.29, 1.82) is 0 Å². The van der Waals surface area contributed by atoms with E-state index < -0.39 is 0 Å². The van der Waals surface area contributed by atoms with Gasteiger partial charge in [0.15, 0.2) is 10.9 Å². The molecule has 0 radical (unpaired) electrons. The summed E-state index contributed by atoms with van der Waals surface area (Å²) >= 11 is 1.55. The Labute approximate surface area is 118 Å². The number of anilines is 1. The smallest absolute Gasteiger partial charge is 0.186 e. The molecule has 1 heterocycles. The molecule has 1 aliphatic carbocycles. The molecular weight excluding hydrogens is 260 g/mol. The number of carbonyl (C=O) groups excluding carboxylic acids is 1. The number of fused-ring (bicyclic) bond motifs is 1. The Morgan fingerprint density at radius 2 is 2.21 bits per heavy atom. The molecule has 0 amide bonds. The van der Waals surface area contributed by atoms with Crippen LogP contribution in [0.2, 0.25) is 0 Å². The van der Waals surface area contributed by atoms with Gasteiger partial charge in [0.1, 0.15) is 0 Å². The third-order valence-corrected chi connectivity index (χ3v) is 4.38. The first-order chi connectivity index (χ1) is 9.11. The Morgan fingerprint density at radius 3 is 2.84 bits per heavy atom. The van der Waals surface area contributed by atoms with Crippen LogP contribution < -0.4 is 4.90 Å². The van der Waals surface area contributed by atoms with E-state index in [-0.39, 0.29) is 5.78 Å². The predicted octanol–water partition coefficient (Wildman–Crippen LogP) is 2.77. The maximum Gasteiger partial charge on any atom is 0.186 e. The van der Waals surface area contributed by atoms with E-state index >= 15 is 0 Å². The van der Waals surface area contributed by atoms with Crippen LogP contribution in [0.3, 0.4) is 0 Å². The summed E-state index contributed by atoms with van der Waals surface area (Å²) in [6.07, 6.45) is 2.56. The molecule has 0 aliphatic heterocycles. The molecule has 0 spiro atoms. The van der Waals surface area contributed by atoms with Gasteiger partial charge >= 0.3 is 0 Å². The topological polar surface area (TPSA) is 42.4 Å². The summed E-state index contributed by atoms with van der Waals surface area (Å²) < 4.78 is 5.17. The Morgan fingerprint density at radius 1 is 1.42 bits per heavy atom. The van der Waals surface area contributed by atoms with Crippen molar-refractivity contribution in [3.63, 3.8) is 0 Å². The molecule has 0 saturated heterocycles. The van der Waals surface area contributed by atoms with Crippen LogP contribution in [0.25, 0.3) is 0 Å². The number of hydrogen-bond donors (Lipinski definition) is 0. The van der Waals surface area contributed by atoms with Crippen molar-refractivity contribution in [2.24, 2.45) is 5.92 Å². The molecule has 5 heteroatoms. The molecule has 19 heavy (non-hydrogen) atoms. The van der Waals surface area contributed by atoms with Crippen molar-refractivity contribution < 1.29 is 9.53 Å². The third kappa shape index (κ3) is 3.54. The Hall–Kier alpha value is -0.940. The van der Waals surface area contributed by atoms with Gasteiger partial charge in [0.2, 0.25) is 0 Å². The maximum atomic E-state index is 11.9. The van der Waals surface area contributed by atoms with E-state index in [9.17, 15) is 4.79 Å². The van der Waals surface area contributed by atoms with E-state index in [0.29, 0.717) is 18.9 Å². The quantitative estimate of drug-likeness (QED) is 0.804. The van der Waals surface area contributed by atoms with Gasteiger partial charge in [-0.15, -0.1) is 0 Å². The second-order valence-electron chi connectivity index (χ2n) is 5.38. The fourth-order valence-electron chi connectivity index (χ4n) is 2.30. The maximum absolute atomic E-state index is 11.9. The molecule has 1 aliphatic rings. The molecule has 106 valence electrons. The second-order valence-corrected chi connectivity index (χ2v) is 6.36. The lowest BCUT2D eigenvalue weighted by molar-refractivity contribution is 0.0976. The lowest BCUT2D eigenvalue weighted by Crippen LogP contribution is -2.30. The molecule has 1 aromatic rings. The van der Waals surface area contributed by atoms with Crippen LogP contribution >= 0.6 is 11.3 Å². The number of ketones is 1. The number of nitrogens with zero attached hydrogens (tertiary/aromatic N) is 2. The average molecular weight is 282 g/mol. The summed E-state index contributed by atoms with van der Waals surface area (Å²) in [6.45, 7) is 6.85. The van der Waals surface area contributed by atoms with Crippen molar-refractivity contribution >= 4 is 22.3 Å². The molecule has 4 nitrogen and oxygen atoms in total.